The first-order valence-electron chi connectivity index (χ1n) is 13.7. The van der Waals surface area contributed by atoms with Gasteiger partial charge in [-0.3, -0.25) is 19.2 Å². The van der Waals surface area contributed by atoms with Gasteiger partial charge in [0.1, 0.15) is 0 Å². The van der Waals surface area contributed by atoms with E-state index in [1.165, 1.54) is 0 Å². The van der Waals surface area contributed by atoms with E-state index in [2.05, 4.69) is 21.3 Å². The molecular formula is C31H44N4O4. The van der Waals surface area contributed by atoms with Gasteiger partial charge in [-0.2, -0.15) is 0 Å². The zero-order valence-corrected chi connectivity index (χ0v) is 24.2. The minimum Gasteiger partial charge on any atom is -0.326 e. The first kappa shape index (κ1) is 31.5. The Balaban J connectivity index is 1.62. The molecule has 2 aromatic carbocycles. The molecule has 212 valence electrons. The van der Waals surface area contributed by atoms with Crippen molar-refractivity contribution in [3.8, 4) is 0 Å². The summed E-state index contributed by atoms with van der Waals surface area (Å²) in [5.74, 6) is -0.289. The summed E-state index contributed by atoms with van der Waals surface area (Å²) in [6.07, 6.45) is 5.14. The van der Waals surface area contributed by atoms with Crippen LogP contribution in [0.2, 0.25) is 0 Å². The Labute approximate surface area is 232 Å². The van der Waals surface area contributed by atoms with Crippen LogP contribution < -0.4 is 21.3 Å². The lowest BCUT2D eigenvalue weighted by Crippen LogP contribution is -2.27. The predicted molar refractivity (Wildman–Crippen MR) is 159 cm³/mol. The van der Waals surface area contributed by atoms with Crippen molar-refractivity contribution in [1.82, 2.24) is 0 Å². The minimum atomic E-state index is -0.499. The van der Waals surface area contributed by atoms with Gasteiger partial charge in [0.15, 0.2) is 0 Å². The molecular weight excluding hydrogens is 492 g/mol. The SMILES string of the molecule is CC(C)(C)C(=O)Nc1cccc(NC(=O)CCCCCCCC(=O)Nc2cccc(NC(=O)C(C)(C)C)c2)c1. The zero-order valence-electron chi connectivity index (χ0n) is 24.2. The summed E-state index contributed by atoms with van der Waals surface area (Å²) in [7, 11) is 0. The van der Waals surface area contributed by atoms with Crippen LogP contribution in [0.1, 0.15) is 86.5 Å². The van der Waals surface area contributed by atoms with Gasteiger partial charge in [0.05, 0.1) is 0 Å². The third kappa shape index (κ3) is 12.1. The normalized spacial score (nSPS) is 11.4. The van der Waals surface area contributed by atoms with Crippen molar-refractivity contribution in [2.24, 2.45) is 10.8 Å². The molecule has 2 rings (SSSR count). The maximum absolute atomic E-state index is 12.3. The number of carbonyl (C=O) groups excluding carboxylic acids is 4. The monoisotopic (exact) mass is 536 g/mol. The Morgan fingerprint density at radius 2 is 0.821 bits per heavy atom. The highest BCUT2D eigenvalue weighted by molar-refractivity contribution is 5.97. The molecule has 4 N–H and O–H groups in total. The van der Waals surface area contributed by atoms with E-state index >= 15 is 0 Å². The summed E-state index contributed by atoms with van der Waals surface area (Å²) in [5, 5.41) is 11.5. The number of anilines is 4. The van der Waals surface area contributed by atoms with Crippen LogP contribution in [-0.2, 0) is 19.2 Å². The second kappa shape index (κ2) is 14.5. The van der Waals surface area contributed by atoms with Gasteiger partial charge in [0.25, 0.3) is 0 Å². The Hall–Kier alpha value is -3.68. The smallest absolute Gasteiger partial charge is 0.229 e. The van der Waals surface area contributed by atoms with Gasteiger partial charge in [-0.05, 0) is 49.2 Å². The second-order valence-corrected chi connectivity index (χ2v) is 11.9. The Bertz CT molecular complexity index is 1060. The molecule has 39 heavy (non-hydrogen) atoms. The van der Waals surface area contributed by atoms with Crippen molar-refractivity contribution in [2.45, 2.75) is 86.5 Å². The van der Waals surface area contributed by atoms with Crippen LogP contribution in [0.5, 0.6) is 0 Å². The number of benzene rings is 2. The molecule has 8 nitrogen and oxygen atoms in total. The van der Waals surface area contributed by atoms with Crippen LogP contribution >= 0.6 is 0 Å². The molecule has 0 aliphatic heterocycles. The average Bonchev–Trinajstić information content (AvgIpc) is 2.82. The van der Waals surface area contributed by atoms with Crippen molar-refractivity contribution in [1.29, 1.82) is 0 Å². The molecule has 8 heteroatoms. The fourth-order valence-corrected chi connectivity index (χ4v) is 3.54. The van der Waals surface area contributed by atoms with Crippen LogP contribution in [0.15, 0.2) is 48.5 Å². The van der Waals surface area contributed by atoms with Crippen molar-refractivity contribution < 1.29 is 19.2 Å². The van der Waals surface area contributed by atoms with E-state index < -0.39 is 10.8 Å². The summed E-state index contributed by atoms with van der Waals surface area (Å²) < 4.78 is 0. The molecule has 0 aliphatic carbocycles. The highest BCUT2D eigenvalue weighted by Gasteiger charge is 2.22. The molecule has 0 saturated carbocycles. The second-order valence-electron chi connectivity index (χ2n) is 11.9. The first-order chi connectivity index (χ1) is 18.2. The zero-order chi connectivity index (χ0) is 29.1. The van der Waals surface area contributed by atoms with Crippen LogP contribution in [0, 0.1) is 10.8 Å². The van der Waals surface area contributed by atoms with Crippen LogP contribution in [-0.4, -0.2) is 23.6 Å². The molecule has 0 bridgehead atoms. The molecule has 0 unspecified atom stereocenters. The largest absolute Gasteiger partial charge is 0.326 e. The van der Waals surface area contributed by atoms with Crippen molar-refractivity contribution in [2.75, 3.05) is 21.3 Å². The minimum absolute atomic E-state index is 0.0606. The lowest BCUT2D eigenvalue weighted by Gasteiger charge is -2.18. The van der Waals surface area contributed by atoms with Gasteiger partial charge in [-0.25, -0.2) is 0 Å². The third-order valence-corrected chi connectivity index (χ3v) is 5.98. The molecule has 0 saturated heterocycles. The summed E-state index contributed by atoms with van der Waals surface area (Å²) in [6, 6.07) is 14.3. The maximum atomic E-state index is 12.3. The van der Waals surface area contributed by atoms with Crippen molar-refractivity contribution >= 4 is 46.4 Å². The molecule has 0 radical (unpaired) electrons. The van der Waals surface area contributed by atoms with Gasteiger partial charge in [-0.15, -0.1) is 0 Å². The molecule has 0 spiro atoms. The first-order valence-corrected chi connectivity index (χ1v) is 13.7. The Morgan fingerprint density at radius 3 is 1.15 bits per heavy atom. The summed E-state index contributed by atoms with van der Waals surface area (Å²) in [6.45, 7) is 11.1. The molecule has 0 atom stereocenters. The number of unbranched alkanes of at least 4 members (excludes halogenated alkanes) is 4. The van der Waals surface area contributed by atoms with E-state index in [1.54, 1.807) is 48.5 Å². The lowest BCUT2D eigenvalue weighted by molar-refractivity contribution is -0.123. The third-order valence-electron chi connectivity index (χ3n) is 5.98. The van der Waals surface area contributed by atoms with Gasteiger partial charge in [0.2, 0.25) is 23.6 Å². The van der Waals surface area contributed by atoms with E-state index in [4.69, 9.17) is 0 Å². The number of hydrogen-bond acceptors (Lipinski definition) is 4. The van der Waals surface area contributed by atoms with Crippen LogP contribution in [0.4, 0.5) is 22.7 Å². The lowest BCUT2D eigenvalue weighted by atomic mass is 9.95. The number of amides is 4. The highest BCUT2D eigenvalue weighted by Crippen LogP contribution is 2.22. The highest BCUT2D eigenvalue weighted by atomic mass is 16.2. The molecule has 0 fully saturated rings. The Kier molecular flexibility index (Phi) is 11.7. The molecule has 0 aliphatic rings. The summed E-state index contributed by atoms with van der Waals surface area (Å²) in [4.78, 5) is 49.0. The molecule has 2 aromatic rings. The fraction of sp³-hybridized carbons (Fsp3) is 0.484. The van der Waals surface area contributed by atoms with Gasteiger partial charge >= 0.3 is 0 Å². The average molecular weight is 537 g/mol. The van der Waals surface area contributed by atoms with E-state index in [1.807, 2.05) is 41.5 Å². The van der Waals surface area contributed by atoms with Crippen molar-refractivity contribution in [3.63, 3.8) is 0 Å². The van der Waals surface area contributed by atoms with Crippen molar-refractivity contribution in [3.05, 3.63) is 48.5 Å². The van der Waals surface area contributed by atoms with Crippen LogP contribution in [0.25, 0.3) is 0 Å². The fourth-order valence-electron chi connectivity index (χ4n) is 3.54. The molecule has 0 heterocycles. The van der Waals surface area contributed by atoms with Gasteiger partial charge in [0, 0.05) is 46.4 Å². The summed E-state index contributed by atoms with van der Waals surface area (Å²) in [5.41, 5.74) is 1.61. The maximum Gasteiger partial charge on any atom is 0.229 e. The van der Waals surface area contributed by atoms with E-state index in [-0.39, 0.29) is 23.6 Å². The van der Waals surface area contributed by atoms with Gasteiger partial charge in [-0.1, -0.05) is 72.9 Å². The summed E-state index contributed by atoms with van der Waals surface area (Å²) >= 11 is 0. The molecule has 4 amide bonds. The van der Waals surface area contributed by atoms with E-state index in [0.29, 0.717) is 35.6 Å². The van der Waals surface area contributed by atoms with E-state index in [0.717, 1.165) is 32.1 Å². The topological polar surface area (TPSA) is 116 Å². The Morgan fingerprint density at radius 1 is 0.513 bits per heavy atom. The standard InChI is InChI=1S/C31H44N4O4/c1-30(2,3)28(38)34-24-16-12-14-22(20-24)32-26(36)18-10-8-7-9-11-19-27(37)33-23-15-13-17-25(21-23)35-29(39)31(4,5)6/h12-17,20-21H,7-11,18-19H2,1-6H3,(H,32,36)(H,33,37)(H,34,38)(H,35,39). The quantitative estimate of drug-likeness (QED) is 0.219. The molecule has 0 aromatic heterocycles. The predicted octanol–water partition coefficient (Wildman–Crippen LogP) is 6.96. The van der Waals surface area contributed by atoms with Crippen LogP contribution in [0.3, 0.4) is 0 Å². The number of carbonyl (C=O) groups is 4. The number of rotatable bonds is 12. The van der Waals surface area contributed by atoms with Gasteiger partial charge < -0.3 is 21.3 Å². The van der Waals surface area contributed by atoms with E-state index in [9.17, 15) is 19.2 Å². The number of nitrogens with one attached hydrogen (secondary N) is 4. The number of hydrogen-bond donors (Lipinski definition) is 4.